The molecule has 0 bridgehead atoms. The van der Waals surface area contributed by atoms with Gasteiger partial charge in [0, 0.05) is 11.6 Å². The molecule has 1 aromatic rings. The van der Waals surface area contributed by atoms with Gasteiger partial charge in [0.2, 0.25) is 0 Å². The molecule has 1 aromatic carbocycles. The van der Waals surface area contributed by atoms with E-state index in [1.54, 1.807) is 18.2 Å². The molecule has 0 heterocycles. The number of benzene rings is 1. The monoisotopic (exact) mass is 294 g/mol. The summed E-state index contributed by atoms with van der Waals surface area (Å²) >= 11 is 0. The summed E-state index contributed by atoms with van der Waals surface area (Å²) in [5, 5.41) is 8.47. The molecule has 0 aromatic heterocycles. The van der Waals surface area contributed by atoms with Crippen LogP contribution >= 0.6 is 0 Å². The highest BCUT2D eigenvalue weighted by Crippen LogP contribution is 2.25. The number of aliphatic carboxylic acids is 1. The largest absolute Gasteiger partial charge is 0.493 e. The van der Waals surface area contributed by atoms with Crippen molar-refractivity contribution >= 4 is 17.9 Å². The predicted octanol–water partition coefficient (Wildman–Crippen LogP) is 1.17. The fourth-order valence-corrected chi connectivity index (χ4v) is 1.34. The zero-order valence-corrected chi connectivity index (χ0v) is 11.5. The van der Waals surface area contributed by atoms with Gasteiger partial charge in [-0.05, 0) is 19.1 Å². The van der Waals surface area contributed by atoms with E-state index < -0.39 is 24.5 Å². The third-order valence-corrected chi connectivity index (χ3v) is 2.28. The van der Waals surface area contributed by atoms with Gasteiger partial charge in [0.15, 0.2) is 18.1 Å². The number of para-hydroxylation sites is 2. The second kappa shape index (κ2) is 7.68. The van der Waals surface area contributed by atoms with Crippen LogP contribution in [0.1, 0.15) is 6.92 Å². The lowest BCUT2D eigenvalue weighted by molar-refractivity contribution is -0.150. The molecule has 0 atom stereocenters. The van der Waals surface area contributed by atoms with Crippen molar-refractivity contribution in [3.05, 3.63) is 35.9 Å². The summed E-state index contributed by atoms with van der Waals surface area (Å²) in [4.78, 5) is 33.3. The summed E-state index contributed by atoms with van der Waals surface area (Å²) in [5.74, 6) is -2.44. The van der Waals surface area contributed by atoms with Crippen LogP contribution in [0.25, 0.3) is 0 Å². The molecular weight excluding hydrogens is 280 g/mol. The van der Waals surface area contributed by atoms with E-state index in [0.717, 1.165) is 0 Å². The van der Waals surface area contributed by atoms with Crippen LogP contribution in [0, 0.1) is 0 Å². The van der Waals surface area contributed by atoms with Gasteiger partial charge in [-0.1, -0.05) is 12.1 Å². The molecule has 0 aliphatic carbocycles. The summed E-state index contributed by atoms with van der Waals surface area (Å²) in [5.41, 5.74) is -0.132. The quantitative estimate of drug-likeness (QED) is 0.477. The lowest BCUT2D eigenvalue weighted by Crippen LogP contribution is -2.19. The maximum Gasteiger partial charge on any atom is 0.349 e. The second-order valence-electron chi connectivity index (χ2n) is 3.87. The first-order chi connectivity index (χ1) is 9.93. The van der Waals surface area contributed by atoms with Crippen molar-refractivity contribution < 1.29 is 33.7 Å². The maximum atomic E-state index is 11.5. The van der Waals surface area contributed by atoms with Crippen molar-refractivity contribution in [1.82, 2.24) is 0 Å². The van der Waals surface area contributed by atoms with Crippen LogP contribution in [0.2, 0.25) is 0 Å². The van der Waals surface area contributed by atoms with Crippen LogP contribution in [0.15, 0.2) is 35.9 Å². The van der Waals surface area contributed by atoms with E-state index in [9.17, 15) is 14.4 Å². The maximum absolute atomic E-state index is 11.5. The molecule has 0 fully saturated rings. The van der Waals surface area contributed by atoms with E-state index in [-0.39, 0.29) is 11.3 Å². The minimum Gasteiger partial charge on any atom is -0.493 e. The van der Waals surface area contributed by atoms with Gasteiger partial charge in [0.25, 0.3) is 0 Å². The van der Waals surface area contributed by atoms with Crippen LogP contribution in [-0.4, -0.2) is 36.7 Å². The molecule has 1 N–H and O–H groups in total. The molecule has 0 saturated heterocycles. The summed E-state index contributed by atoms with van der Waals surface area (Å²) in [6, 6.07) is 6.48. The van der Waals surface area contributed by atoms with Crippen molar-refractivity contribution in [2.24, 2.45) is 0 Å². The Morgan fingerprint density at radius 3 is 2.38 bits per heavy atom. The van der Waals surface area contributed by atoms with Crippen molar-refractivity contribution in [2.75, 3.05) is 13.7 Å². The Morgan fingerprint density at radius 2 is 1.81 bits per heavy atom. The van der Waals surface area contributed by atoms with Crippen molar-refractivity contribution in [3.8, 4) is 11.5 Å². The highest BCUT2D eigenvalue weighted by molar-refractivity contribution is 5.95. The molecule has 0 saturated carbocycles. The number of carboxylic acid groups (broad SMARTS) is 1. The van der Waals surface area contributed by atoms with Crippen LogP contribution in [0.3, 0.4) is 0 Å². The van der Waals surface area contributed by atoms with E-state index in [1.165, 1.54) is 20.1 Å². The third kappa shape index (κ3) is 5.35. The van der Waals surface area contributed by atoms with E-state index in [0.29, 0.717) is 11.8 Å². The number of esters is 2. The number of hydrogen-bond donors (Lipinski definition) is 1. The average Bonchev–Trinajstić information content (AvgIpc) is 2.44. The van der Waals surface area contributed by atoms with Gasteiger partial charge in [-0.2, -0.15) is 0 Å². The lowest BCUT2D eigenvalue weighted by Gasteiger charge is -2.09. The zero-order valence-electron chi connectivity index (χ0n) is 11.5. The van der Waals surface area contributed by atoms with Gasteiger partial charge >= 0.3 is 17.9 Å². The minimum atomic E-state index is -1.28. The van der Waals surface area contributed by atoms with Crippen molar-refractivity contribution in [2.45, 2.75) is 6.92 Å². The Kier molecular flexibility index (Phi) is 5.94. The molecule has 1 rings (SSSR count). The highest BCUT2D eigenvalue weighted by atomic mass is 16.6. The van der Waals surface area contributed by atoms with Gasteiger partial charge in [-0.25, -0.2) is 14.4 Å². The highest BCUT2D eigenvalue weighted by Gasteiger charge is 2.13. The van der Waals surface area contributed by atoms with Crippen molar-refractivity contribution in [1.29, 1.82) is 0 Å². The number of carbonyl (C=O) groups excluding carboxylic acids is 2. The molecule has 0 spiro atoms. The Morgan fingerprint density at radius 1 is 1.19 bits per heavy atom. The minimum absolute atomic E-state index is 0.132. The van der Waals surface area contributed by atoms with Gasteiger partial charge in [-0.3, -0.25) is 0 Å². The summed E-state index contributed by atoms with van der Waals surface area (Å²) in [7, 11) is 1.42. The topological polar surface area (TPSA) is 99.1 Å². The molecule has 0 aliphatic heterocycles. The first-order valence-electron chi connectivity index (χ1n) is 5.86. The standard InChI is InChI=1S/C14H14O7/c1-9(7-12(15)16)14(18)20-8-13(17)21-11-6-4-3-5-10(11)19-2/h3-7H,8H2,1-2H3,(H,15,16)/b9-7-. The van der Waals surface area contributed by atoms with Crippen LogP contribution < -0.4 is 9.47 Å². The summed E-state index contributed by atoms with van der Waals surface area (Å²) < 4.78 is 14.6. The zero-order chi connectivity index (χ0) is 15.8. The first kappa shape index (κ1) is 16.2. The fraction of sp³-hybridized carbons (Fsp3) is 0.214. The molecule has 21 heavy (non-hydrogen) atoms. The van der Waals surface area contributed by atoms with E-state index in [2.05, 4.69) is 4.74 Å². The molecule has 0 unspecified atom stereocenters. The lowest BCUT2D eigenvalue weighted by atomic mass is 10.3. The van der Waals surface area contributed by atoms with E-state index in [4.69, 9.17) is 14.6 Å². The fourth-order valence-electron chi connectivity index (χ4n) is 1.34. The number of hydrogen-bond acceptors (Lipinski definition) is 6. The van der Waals surface area contributed by atoms with Gasteiger partial charge in [0.05, 0.1) is 7.11 Å². The molecule has 7 nitrogen and oxygen atoms in total. The SMILES string of the molecule is COc1ccccc1OC(=O)COC(=O)/C(C)=C\C(=O)O. The smallest absolute Gasteiger partial charge is 0.349 e. The molecule has 0 amide bonds. The molecular formula is C14H14O7. The van der Waals surface area contributed by atoms with Crippen LogP contribution in [-0.2, 0) is 19.1 Å². The number of rotatable bonds is 6. The number of carbonyl (C=O) groups is 3. The summed E-state index contributed by atoms with van der Waals surface area (Å²) in [6.45, 7) is 0.629. The predicted molar refractivity (Wildman–Crippen MR) is 71.0 cm³/mol. The van der Waals surface area contributed by atoms with Crippen molar-refractivity contribution in [3.63, 3.8) is 0 Å². The number of carboxylic acids is 1. The number of ether oxygens (including phenoxy) is 3. The van der Waals surface area contributed by atoms with Gasteiger partial charge in [0.1, 0.15) is 0 Å². The molecule has 0 aliphatic rings. The number of methoxy groups -OCH3 is 1. The molecule has 112 valence electrons. The Hall–Kier alpha value is -2.83. The van der Waals surface area contributed by atoms with Gasteiger partial charge < -0.3 is 19.3 Å². The molecule has 0 radical (unpaired) electrons. The summed E-state index contributed by atoms with van der Waals surface area (Å²) in [6.07, 6.45) is 0.688. The Bertz CT molecular complexity index is 574. The average molecular weight is 294 g/mol. The van der Waals surface area contributed by atoms with E-state index in [1.807, 2.05) is 0 Å². The molecule has 7 heteroatoms. The van der Waals surface area contributed by atoms with Crippen LogP contribution in [0.5, 0.6) is 11.5 Å². The normalized spacial score (nSPS) is 10.7. The first-order valence-corrected chi connectivity index (χ1v) is 5.86. The Balaban J connectivity index is 2.55. The van der Waals surface area contributed by atoms with Gasteiger partial charge in [-0.15, -0.1) is 0 Å². The third-order valence-electron chi connectivity index (χ3n) is 2.28. The Labute approximate surface area is 120 Å². The van der Waals surface area contributed by atoms with Crippen LogP contribution in [0.4, 0.5) is 0 Å². The van der Waals surface area contributed by atoms with E-state index >= 15 is 0 Å². The second-order valence-corrected chi connectivity index (χ2v) is 3.87.